The topological polar surface area (TPSA) is 32.3 Å². The maximum absolute atomic E-state index is 12.9. The van der Waals surface area contributed by atoms with Gasteiger partial charge in [0.2, 0.25) is 0 Å². The number of aryl methyl sites for hydroxylation is 2. The highest BCUT2D eigenvalue weighted by molar-refractivity contribution is 5.97. The van der Waals surface area contributed by atoms with Gasteiger partial charge in [0.25, 0.3) is 5.91 Å². The highest BCUT2D eigenvalue weighted by atomic mass is 19.4. The van der Waals surface area contributed by atoms with Gasteiger partial charge >= 0.3 is 6.18 Å². The van der Waals surface area contributed by atoms with Crippen molar-refractivity contribution in [3.63, 3.8) is 0 Å². The molecule has 1 heterocycles. The van der Waals surface area contributed by atoms with Gasteiger partial charge in [0.05, 0.1) is 5.56 Å². The van der Waals surface area contributed by atoms with E-state index in [4.69, 9.17) is 0 Å². The number of alkyl halides is 3. The zero-order chi connectivity index (χ0) is 18.2. The van der Waals surface area contributed by atoms with Gasteiger partial charge in [-0.3, -0.25) is 9.69 Å². The van der Waals surface area contributed by atoms with Crippen molar-refractivity contribution in [3.05, 3.63) is 34.4 Å². The molecule has 2 atom stereocenters. The minimum atomic E-state index is -4.39. The molecule has 138 valence electrons. The maximum atomic E-state index is 12.9. The second-order valence-electron chi connectivity index (χ2n) is 7.30. The Kier molecular flexibility index (Phi) is 5.09. The summed E-state index contributed by atoms with van der Waals surface area (Å²) in [4.78, 5) is 15.2. The molecule has 0 bridgehead atoms. The van der Waals surface area contributed by atoms with Crippen LogP contribution in [0.25, 0.3) is 0 Å². The summed E-state index contributed by atoms with van der Waals surface area (Å²) >= 11 is 0. The van der Waals surface area contributed by atoms with Crippen molar-refractivity contribution in [3.8, 4) is 0 Å². The molecule has 6 heteroatoms. The standard InChI is InChI=1S/C19H25F3N2O/c1-12-10-14(19(20,21)22)11-13(2)17(12)18(25)23-15-6-5-7-16(15)24-8-3-4-9-24/h10-11,15-16H,3-9H2,1-2H3,(H,23,25)/t15?,16-/m1/s1. The number of halogens is 3. The van der Waals surface area contributed by atoms with Crippen LogP contribution < -0.4 is 5.32 Å². The van der Waals surface area contributed by atoms with Crippen LogP contribution in [-0.2, 0) is 6.18 Å². The zero-order valence-corrected chi connectivity index (χ0v) is 14.7. The summed E-state index contributed by atoms with van der Waals surface area (Å²) < 4.78 is 38.8. The lowest BCUT2D eigenvalue weighted by molar-refractivity contribution is -0.137. The van der Waals surface area contributed by atoms with Crippen molar-refractivity contribution >= 4 is 5.91 Å². The van der Waals surface area contributed by atoms with Crippen molar-refractivity contribution in [1.29, 1.82) is 0 Å². The summed E-state index contributed by atoms with van der Waals surface area (Å²) in [6, 6.07) is 2.58. The first-order chi connectivity index (χ1) is 11.8. The van der Waals surface area contributed by atoms with Gasteiger partial charge in [-0.15, -0.1) is 0 Å². The molecule has 3 rings (SSSR count). The average molecular weight is 354 g/mol. The molecule has 3 nitrogen and oxygen atoms in total. The normalized spacial score (nSPS) is 24.7. The van der Waals surface area contributed by atoms with E-state index in [0.29, 0.717) is 22.7 Å². The molecule has 1 aromatic carbocycles. The maximum Gasteiger partial charge on any atom is 0.416 e. The Hall–Kier alpha value is -1.56. The molecule has 1 saturated heterocycles. The number of hydrogen-bond acceptors (Lipinski definition) is 2. The number of nitrogens with zero attached hydrogens (tertiary/aromatic N) is 1. The van der Waals surface area contributed by atoms with Crippen molar-refractivity contribution in [2.24, 2.45) is 0 Å². The monoisotopic (exact) mass is 354 g/mol. The minimum absolute atomic E-state index is 0.0895. The van der Waals surface area contributed by atoms with Crippen LogP contribution in [0.4, 0.5) is 13.2 Å². The molecule has 0 radical (unpaired) electrons. The van der Waals surface area contributed by atoms with E-state index in [1.54, 1.807) is 13.8 Å². The van der Waals surface area contributed by atoms with Crippen LogP contribution in [0, 0.1) is 13.8 Å². The molecule has 1 aliphatic heterocycles. The van der Waals surface area contributed by atoms with Crippen molar-refractivity contribution in [2.75, 3.05) is 13.1 Å². The number of likely N-dealkylation sites (tertiary alicyclic amines) is 1. The van der Waals surface area contributed by atoms with E-state index in [2.05, 4.69) is 10.2 Å². The predicted molar refractivity (Wildman–Crippen MR) is 90.6 cm³/mol. The molecule has 1 amide bonds. The van der Waals surface area contributed by atoms with Crippen LogP contribution in [0.15, 0.2) is 12.1 Å². The Balaban J connectivity index is 1.77. The highest BCUT2D eigenvalue weighted by Crippen LogP contribution is 2.32. The lowest BCUT2D eigenvalue weighted by Crippen LogP contribution is -2.48. The third-order valence-electron chi connectivity index (χ3n) is 5.49. The van der Waals surface area contributed by atoms with Gasteiger partial charge < -0.3 is 5.32 Å². The minimum Gasteiger partial charge on any atom is -0.348 e. The summed E-state index contributed by atoms with van der Waals surface area (Å²) in [6.45, 7) is 5.30. The van der Waals surface area contributed by atoms with Gasteiger partial charge in [-0.2, -0.15) is 13.2 Å². The Bertz CT molecular complexity index is 628. The van der Waals surface area contributed by atoms with Gasteiger partial charge in [0.15, 0.2) is 0 Å². The third-order valence-corrected chi connectivity index (χ3v) is 5.49. The van der Waals surface area contributed by atoms with Crippen molar-refractivity contribution in [1.82, 2.24) is 10.2 Å². The van der Waals surface area contributed by atoms with E-state index < -0.39 is 11.7 Å². The fraction of sp³-hybridized carbons (Fsp3) is 0.632. The molecule has 2 aliphatic rings. The molecule has 1 N–H and O–H groups in total. The van der Waals surface area contributed by atoms with Crippen LogP contribution in [0.5, 0.6) is 0 Å². The molecule has 2 fully saturated rings. The van der Waals surface area contributed by atoms with Crippen LogP contribution in [0.3, 0.4) is 0 Å². The van der Waals surface area contributed by atoms with Gasteiger partial charge in [-0.25, -0.2) is 0 Å². The second-order valence-corrected chi connectivity index (χ2v) is 7.30. The number of hydrogen-bond donors (Lipinski definition) is 1. The van der Waals surface area contributed by atoms with E-state index >= 15 is 0 Å². The predicted octanol–water partition coefficient (Wildman–Crippen LogP) is 4.07. The number of carbonyl (C=O) groups is 1. The summed E-state index contributed by atoms with van der Waals surface area (Å²) in [5.41, 5.74) is 0.427. The van der Waals surface area contributed by atoms with Crippen LogP contribution in [-0.4, -0.2) is 36.0 Å². The Morgan fingerprint density at radius 1 is 1.08 bits per heavy atom. The smallest absolute Gasteiger partial charge is 0.348 e. The molecule has 25 heavy (non-hydrogen) atoms. The summed E-state index contributed by atoms with van der Waals surface area (Å²) in [5, 5.41) is 3.10. The summed E-state index contributed by atoms with van der Waals surface area (Å²) in [7, 11) is 0. The van der Waals surface area contributed by atoms with Gasteiger partial charge in [0.1, 0.15) is 0 Å². The van der Waals surface area contributed by atoms with Crippen LogP contribution >= 0.6 is 0 Å². The van der Waals surface area contributed by atoms with Gasteiger partial charge in [0, 0.05) is 17.6 Å². The SMILES string of the molecule is Cc1cc(C(F)(F)F)cc(C)c1C(=O)NC1CCC[C@H]1N1CCCC1. The van der Waals surface area contributed by atoms with E-state index in [-0.39, 0.29) is 11.9 Å². The average Bonchev–Trinajstić information content (AvgIpc) is 3.15. The van der Waals surface area contributed by atoms with E-state index in [9.17, 15) is 18.0 Å². The van der Waals surface area contributed by atoms with Crippen LogP contribution in [0.1, 0.15) is 59.2 Å². The third kappa shape index (κ3) is 3.84. The van der Waals surface area contributed by atoms with Crippen LogP contribution in [0.2, 0.25) is 0 Å². The molecule has 0 spiro atoms. The van der Waals surface area contributed by atoms with E-state index in [1.165, 1.54) is 12.8 Å². The molecule has 1 aliphatic carbocycles. The Morgan fingerprint density at radius 2 is 1.68 bits per heavy atom. The Labute approximate surface area is 146 Å². The summed E-state index contributed by atoms with van der Waals surface area (Å²) in [6.07, 6.45) is 1.11. The first kappa shape index (κ1) is 18.2. The molecular weight excluding hydrogens is 329 g/mol. The number of nitrogens with one attached hydrogen (secondary N) is 1. The Morgan fingerprint density at radius 3 is 2.24 bits per heavy atom. The van der Waals surface area contributed by atoms with Crippen molar-refractivity contribution in [2.45, 2.75) is 64.2 Å². The molecule has 1 unspecified atom stereocenters. The molecular formula is C19H25F3N2O. The second kappa shape index (κ2) is 6.98. The highest BCUT2D eigenvalue weighted by Gasteiger charge is 2.35. The zero-order valence-electron chi connectivity index (χ0n) is 14.7. The van der Waals surface area contributed by atoms with Crippen molar-refractivity contribution < 1.29 is 18.0 Å². The van der Waals surface area contributed by atoms with Gasteiger partial charge in [-0.1, -0.05) is 0 Å². The number of amides is 1. The molecule has 0 aromatic heterocycles. The molecule has 1 aromatic rings. The lowest BCUT2D eigenvalue weighted by atomic mass is 9.97. The number of benzene rings is 1. The molecule has 1 saturated carbocycles. The fourth-order valence-corrected chi connectivity index (χ4v) is 4.35. The fourth-order valence-electron chi connectivity index (χ4n) is 4.35. The quantitative estimate of drug-likeness (QED) is 0.887. The van der Waals surface area contributed by atoms with E-state index in [0.717, 1.165) is 44.5 Å². The lowest BCUT2D eigenvalue weighted by Gasteiger charge is -2.30. The number of rotatable bonds is 3. The summed E-state index contributed by atoms with van der Waals surface area (Å²) in [5.74, 6) is -0.250. The first-order valence-electron chi connectivity index (χ1n) is 9.00. The first-order valence-corrected chi connectivity index (χ1v) is 9.00. The van der Waals surface area contributed by atoms with E-state index in [1.807, 2.05) is 0 Å². The number of carbonyl (C=O) groups excluding carboxylic acids is 1. The largest absolute Gasteiger partial charge is 0.416 e. The van der Waals surface area contributed by atoms with Gasteiger partial charge in [-0.05, 0) is 82.3 Å².